The lowest BCUT2D eigenvalue weighted by atomic mass is 9.92. The van der Waals surface area contributed by atoms with Gasteiger partial charge in [0.25, 0.3) is 15.9 Å². The zero-order chi connectivity index (χ0) is 23.8. The van der Waals surface area contributed by atoms with E-state index in [1.165, 1.54) is 18.2 Å². The molecule has 0 aliphatic carbocycles. The van der Waals surface area contributed by atoms with Crippen LogP contribution in [0.25, 0.3) is 0 Å². The summed E-state index contributed by atoms with van der Waals surface area (Å²) in [6.45, 7) is 12.3. The zero-order valence-electron chi connectivity index (χ0n) is 19.2. The molecule has 170 valence electrons. The Labute approximate surface area is 189 Å². The van der Waals surface area contributed by atoms with Crippen LogP contribution in [-0.4, -0.2) is 29.2 Å². The minimum Gasteiger partial charge on any atom is -0.508 e. The van der Waals surface area contributed by atoms with E-state index in [0.717, 1.165) is 28.3 Å². The molecule has 0 bridgehead atoms. The monoisotopic (exact) mass is 455 g/mol. The van der Waals surface area contributed by atoms with Gasteiger partial charge in [-0.25, -0.2) is 13.1 Å². The van der Waals surface area contributed by atoms with Crippen LogP contribution < -0.4 is 4.72 Å². The predicted octanol–water partition coefficient (Wildman–Crippen LogP) is 3.98. The lowest BCUT2D eigenvalue weighted by Gasteiger charge is -2.15. The van der Waals surface area contributed by atoms with E-state index in [4.69, 9.17) is 0 Å². The van der Waals surface area contributed by atoms with Gasteiger partial charge in [0.2, 0.25) is 0 Å². The average Bonchev–Trinajstić information content (AvgIpc) is 3.09. The number of nitrogens with one attached hydrogen (secondary N) is 1. The smallest absolute Gasteiger partial charge is 0.283 e. The number of aromatic nitrogens is 2. The molecule has 3 aromatic rings. The number of benzene rings is 2. The molecule has 1 amide bonds. The number of sulfonamides is 1. The lowest BCUT2D eigenvalue weighted by molar-refractivity contribution is 0.0971. The summed E-state index contributed by atoms with van der Waals surface area (Å²) in [5, 5.41) is 14.2. The number of amides is 1. The topological polar surface area (TPSA) is 101 Å². The Bertz CT molecular complexity index is 1260. The molecular weight excluding hydrogens is 426 g/mol. The van der Waals surface area contributed by atoms with Crippen LogP contribution in [0.4, 0.5) is 0 Å². The highest BCUT2D eigenvalue weighted by Crippen LogP contribution is 2.24. The van der Waals surface area contributed by atoms with Gasteiger partial charge < -0.3 is 5.11 Å². The predicted molar refractivity (Wildman–Crippen MR) is 123 cm³/mol. The van der Waals surface area contributed by atoms with Crippen molar-refractivity contribution in [1.29, 1.82) is 0 Å². The number of aromatic hydroxyl groups is 1. The molecule has 0 aliphatic heterocycles. The van der Waals surface area contributed by atoms with Crippen LogP contribution in [0, 0.1) is 20.8 Å². The van der Waals surface area contributed by atoms with Gasteiger partial charge >= 0.3 is 0 Å². The van der Waals surface area contributed by atoms with Crippen molar-refractivity contribution in [3.63, 3.8) is 0 Å². The van der Waals surface area contributed by atoms with Crippen LogP contribution in [0.1, 0.15) is 59.2 Å². The van der Waals surface area contributed by atoms with E-state index in [9.17, 15) is 18.3 Å². The molecule has 0 atom stereocenters. The molecule has 8 heteroatoms. The fraction of sp³-hybridized carbons (Fsp3) is 0.333. The number of phenolic OH excluding ortho intramolecular Hbond substituents is 1. The van der Waals surface area contributed by atoms with Gasteiger partial charge in [0.15, 0.2) is 0 Å². The highest BCUT2D eigenvalue weighted by molar-refractivity contribution is 7.90. The summed E-state index contributed by atoms with van der Waals surface area (Å²) in [4.78, 5) is 12.9. The zero-order valence-corrected chi connectivity index (χ0v) is 20.0. The molecular formula is C24H29N3O4S. The van der Waals surface area contributed by atoms with E-state index in [2.05, 4.69) is 22.0 Å². The Morgan fingerprint density at radius 1 is 1.06 bits per heavy atom. The van der Waals surface area contributed by atoms with Crippen molar-refractivity contribution >= 4 is 15.9 Å². The number of nitrogens with zero attached hydrogens (tertiary/aromatic N) is 2. The van der Waals surface area contributed by atoms with Crippen molar-refractivity contribution in [3.05, 3.63) is 76.1 Å². The summed E-state index contributed by atoms with van der Waals surface area (Å²) >= 11 is 0. The molecule has 1 heterocycles. The number of carbonyl (C=O) groups is 1. The molecule has 0 spiro atoms. The first-order valence-corrected chi connectivity index (χ1v) is 11.8. The fourth-order valence-corrected chi connectivity index (χ4v) is 4.58. The summed E-state index contributed by atoms with van der Waals surface area (Å²) in [6, 6.07) is 10.9. The maximum absolute atomic E-state index is 13.1. The molecule has 2 N–H and O–H groups in total. The van der Waals surface area contributed by atoms with Crippen molar-refractivity contribution in [1.82, 2.24) is 14.5 Å². The number of aryl methyl sites for hydroxylation is 3. The number of hydrogen-bond acceptors (Lipinski definition) is 5. The average molecular weight is 456 g/mol. The quantitative estimate of drug-likeness (QED) is 0.606. The maximum atomic E-state index is 13.1. The van der Waals surface area contributed by atoms with Crippen LogP contribution in [0.15, 0.2) is 47.4 Å². The number of carbonyl (C=O) groups excluding carboxylic acids is 1. The molecule has 0 saturated carbocycles. The van der Waals surface area contributed by atoms with E-state index in [1.807, 2.05) is 41.5 Å². The van der Waals surface area contributed by atoms with Gasteiger partial charge in [0, 0.05) is 11.5 Å². The second kappa shape index (κ2) is 8.43. The van der Waals surface area contributed by atoms with Crippen molar-refractivity contribution < 1.29 is 18.3 Å². The molecule has 32 heavy (non-hydrogen) atoms. The van der Waals surface area contributed by atoms with E-state index in [-0.39, 0.29) is 21.8 Å². The second-order valence-electron chi connectivity index (χ2n) is 9.13. The highest BCUT2D eigenvalue weighted by atomic mass is 32.2. The van der Waals surface area contributed by atoms with Gasteiger partial charge in [-0.15, -0.1) is 0 Å². The van der Waals surface area contributed by atoms with Gasteiger partial charge in [-0.05, 0) is 55.7 Å². The van der Waals surface area contributed by atoms with Gasteiger partial charge in [-0.3, -0.25) is 9.48 Å². The molecule has 0 saturated heterocycles. The van der Waals surface area contributed by atoms with E-state index in [0.29, 0.717) is 12.2 Å². The molecule has 3 rings (SSSR count). The Balaban J connectivity index is 2.02. The van der Waals surface area contributed by atoms with Crippen LogP contribution in [-0.2, 0) is 22.0 Å². The first-order valence-electron chi connectivity index (χ1n) is 10.3. The fourth-order valence-electron chi connectivity index (χ4n) is 3.58. The summed E-state index contributed by atoms with van der Waals surface area (Å²) in [5.41, 5.74) is 4.83. The number of hydrogen-bond donors (Lipinski definition) is 2. The third kappa shape index (κ3) is 5.02. The minimum atomic E-state index is -4.17. The number of rotatable bonds is 5. The van der Waals surface area contributed by atoms with Crippen LogP contribution in [0.3, 0.4) is 0 Å². The number of phenols is 1. The molecule has 0 radical (unpaired) electrons. The van der Waals surface area contributed by atoms with Gasteiger partial charge in [-0.1, -0.05) is 44.5 Å². The lowest BCUT2D eigenvalue weighted by Crippen LogP contribution is -2.32. The van der Waals surface area contributed by atoms with E-state index in [1.54, 1.807) is 10.7 Å². The molecule has 1 aromatic heterocycles. The summed E-state index contributed by atoms with van der Waals surface area (Å²) in [5.74, 6) is -0.982. The van der Waals surface area contributed by atoms with Crippen molar-refractivity contribution in [2.24, 2.45) is 0 Å². The van der Waals surface area contributed by atoms with E-state index >= 15 is 0 Å². The van der Waals surface area contributed by atoms with E-state index < -0.39 is 15.9 Å². The van der Waals surface area contributed by atoms with Crippen LogP contribution in [0.2, 0.25) is 0 Å². The maximum Gasteiger partial charge on any atom is 0.283 e. The molecule has 0 aliphatic rings. The standard InChI is InChI=1S/C24H29N3O4S/c1-15-10-16(2)20(17(3)11-15)14-27-21(13-22(25-27)24(4,5)6)23(29)26-32(30,31)19-9-7-8-18(28)12-19/h7-13,28H,14H2,1-6H3,(H,26,29). The normalized spacial score (nSPS) is 12.1. The summed E-state index contributed by atoms with van der Waals surface area (Å²) in [7, 11) is -4.17. The first kappa shape index (κ1) is 23.5. The Hall–Kier alpha value is -3.13. The van der Waals surface area contributed by atoms with Gasteiger partial charge in [-0.2, -0.15) is 5.10 Å². The minimum absolute atomic E-state index is 0.151. The van der Waals surface area contributed by atoms with Crippen LogP contribution in [0.5, 0.6) is 5.75 Å². The SMILES string of the molecule is Cc1cc(C)c(Cn2nc(C(C)(C)C)cc2C(=O)NS(=O)(=O)c2cccc(O)c2)c(C)c1. The second-order valence-corrected chi connectivity index (χ2v) is 10.8. The molecule has 7 nitrogen and oxygen atoms in total. The molecule has 0 fully saturated rings. The summed E-state index contributed by atoms with van der Waals surface area (Å²) < 4.78 is 29.1. The Kier molecular flexibility index (Phi) is 6.20. The summed E-state index contributed by atoms with van der Waals surface area (Å²) in [6.07, 6.45) is 0. The molecule has 2 aromatic carbocycles. The Morgan fingerprint density at radius 2 is 1.69 bits per heavy atom. The van der Waals surface area contributed by atoms with Gasteiger partial charge in [0.05, 0.1) is 17.1 Å². The first-order chi connectivity index (χ1) is 14.8. The third-order valence-corrected chi connectivity index (χ3v) is 6.61. The van der Waals surface area contributed by atoms with Crippen LogP contribution >= 0.6 is 0 Å². The Morgan fingerprint density at radius 3 is 2.25 bits per heavy atom. The highest BCUT2D eigenvalue weighted by Gasteiger charge is 2.26. The van der Waals surface area contributed by atoms with Crippen molar-refractivity contribution in [2.75, 3.05) is 0 Å². The molecule has 0 unspecified atom stereocenters. The largest absolute Gasteiger partial charge is 0.508 e. The third-order valence-electron chi connectivity index (χ3n) is 5.28. The van der Waals surface area contributed by atoms with Gasteiger partial charge in [0.1, 0.15) is 11.4 Å². The van der Waals surface area contributed by atoms with Crippen molar-refractivity contribution in [3.8, 4) is 5.75 Å². The van der Waals surface area contributed by atoms with Crippen molar-refractivity contribution in [2.45, 2.75) is 58.4 Å².